The van der Waals surface area contributed by atoms with Crippen LogP contribution in [0.3, 0.4) is 0 Å². The molecule has 1 N–H and O–H groups in total. The van der Waals surface area contributed by atoms with Gasteiger partial charge in [0.15, 0.2) is 0 Å². The van der Waals surface area contributed by atoms with Gasteiger partial charge >= 0.3 is 0 Å². The number of halogens is 2. The second kappa shape index (κ2) is 3.65. The molecule has 0 spiro atoms. The van der Waals surface area contributed by atoms with Crippen LogP contribution < -0.4 is 0 Å². The molecule has 1 aromatic rings. The highest BCUT2D eigenvalue weighted by Gasteiger charge is 2.10. The molecule has 0 saturated carbocycles. The SMILES string of the molecule is N#Cc1ccc(Br)c(CO)c1F. The third kappa shape index (κ3) is 1.47. The third-order valence-electron chi connectivity index (χ3n) is 1.46. The molecule has 2 nitrogen and oxygen atoms in total. The van der Waals surface area contributed by atoms with Crippen molar-refractivity contribution in [2.24, 2.45) is 0 Å². The normalized spacial score (nSPS) is 9.50. The van der Waals surface area contributed by atoms with Crippen molar-refractivity contribution in [3.8, 4) is 6.07 Å². The van der Waals surface area contributed by atoms with Gasteiger partial charge in [-0.25, -0.2) is 4.39 Å². The minimum atomic E-state index is -0.658. The minimum absolute atomic E-state index is 0.0535. The number of aliphatic hydroxyl groups is 1. The average molecular weight is 230 g/mol. The molecule has 4 heteroatoms. The van der Waals surface area contributed by atoms with Gasteiger partial charge in [0.05, 0.1) is 12.2 Å². The highest BCUT2D eigenvalue weighted by molar-refractivity contribution is 9.10. The van der Waals surface area contributed by atoms with Crippen LogP contribution in [0.4, 0.5) is 4.39 Å². The van der Waals surface area contributed by atoms with E-state index in [0.717, 1.165) is 0 Å². The summed E-state index contributed by atoms with van der Waals surface area (Å²) in [4.78, 5) is 0. The fraction of sp³-hybridized carbons (Fsp3) is 0.125. The number of hydrogen-bond donors (Lipinski definition) is 1. The van der Waals surface area contributed by atoms with Crippen molar-refractivity contribution in [3.63, 3.8) is 0 Å². The van der Waals surface area contributed by atoms with E-state index < -0.39 is 12.4 Å². The molecule has 0 amide bonds. The van der Waals surface area contributed by atoms with Crippen LogP contribution in [-0.2, 0) is 6.61 Å². The van der Waals surface area contributed by atoms with Gasteiger partial charge in [-0.05, 0) is 12.1 Å². The van der Waals surface area contributed by atoms with Crippen LogP contribution in [0.15, 0.2) is 16.6 Å². The van der Waals surface area contributed by atoms with E-state index >= 15 is 0 Å². The fourth-order valence-corrected chi connectivity index (χ4v) is 1.26. The van der Waals surface area contributed by atoms with Gasteiger partial charge in [0.25, 0.3) is 0 Å². The summed E-state index contributed by atoms with van der Waals surface area (Å²) < 4.78 is 13.6. The number of hydrogen-bond acceptors (Lipinski definition) is 2. The van der Waals surface area contributed by atoms with Gasteiger partial charge in [0.1, 0.15) is 11.9 Å². The van der Waals surface area contributed by atoms with E-state index in [0.29, 0.717) is 4.47 Å². The van der Waals surface area contributed by atoms with E-state index in [1.54, 1.807) is 6.07 Å². The van der Waals surface area contributed by atoms with Crippen LogP contribution in [0.25, 0.3) is 0 Å². The molecule has 0 atom stereocenters. The van der Waals surface area contributed by atoms with Crippen molar-refractivity contribution in [1.29, 1.82) is 5.26 Å². The smallest absolute Gasteiger partial charge is 0.147 e. The molecular formula is C8H5BrFNO. The average Bonchev–Trinajstić information content (AvgIpc) is 2.06. The Labute approximate surface area is 77.4 Å². The Hall–Kier alpha value is -0.920. The van der Waals surface area contributed by atoms with Crippen LogP contribution in [0, 0.1) is 17.1 Å². The summed E-state index contributed by atoms with van der Waals surface area (Å²) in [5, 5.41) is 17.2. The predicted octanol–water partition coefficient (Wildman–Crippen LogP) is 1.95. The van der Waals surface area contributed by atoms with Crippen molar-refractivity contribution < 1.29 is 9.50 Å². The zero-order valence-corrected chi connectivity index (χ0v) is 7.60. The highest BCUT2D eigenvalue weighted by Crippen LogP contribution is 2.22. The highest BCUT2D eigenvalue weighted by atomic mass is 79.9. The van der Waals surface area contributed by atoms with Gasteiger partial charge in [0, 0.05) is 10.0 Å². The Balaban J connectivity index is 3.36. The van der Waals surface area contributed by atoms with Crippen LogP contribution in [-0.4, -0.2) is 5.11 Å². The number of nitriles is 1. The Kier molecular flexibility index (Phi) is 2.79. The summed E-state index contributed by atoms with van der Waals surface area (Å²) in [6, 6.07) is 4.58. The second-order valence-electron chi connectivity index (χ2n) is 2.16. The molecule has 0 saturated heterocycles. The quantitative estimate of drug-likeness (QED) is 0.801. The van der Waals surface area contributed by atoms with E-state index in [2.05, 4.69) is 15.9 Å². The maximum Gasteiger partial charge on any atom is 0.147 e. The molecule has 12 heavy (non-hydrogen) atoms. The molecule has 0 bridgehead atoms. The lowest BCUT2D eigenvalue weighted by Gasteiger charge is -2.02. The number of rotatable bonds is 1. The molecule has 62 valence electrons. The lowest BCUT2D eigenvalue weighted by Crippen LogP contribution is -1.94. The predicted molar refractivity (Wildman–Crippen MR) is 44.7 cm³/mol. The Morgan fingerprint density at radius 1 is 1.58 bits per heavy atom. The molecule has 1 rings (SSSR count). The molecular weight excluding hydrogens is 225 g/mol. The molecule has 0 heterocycles. The van der Waals surface area contributed by atoms with E-state index in [9.17, 15) is 4.39 Å². The summed E-state index contributed by atoms with van der Waals surface area (Å²) in [7, 11) is 0. The molecule has 0 aliphatic heterocycles. The molecule has 0 aromatic heterocycles. The van der Waals surface area contributed by atoms with Crippen molar-refractivity contribution in [1.82, 2.24) is 0 Å². The maximum atomic E-state index is 13.1. The van der Waals surface area contributed by atoms with Crippen LogP contribution in [0.2, 0.25) is 0 Å². The molecule has 1 aromatic carbocycles. The summed E-state index contributed by atoms with van der Waals surface area (Å²) in [6.07, 6.45) is 0. The molecule has 0 aliphatic rings. The molecule has 0 aliphatic carbocycles. The van der Waals surface area contributed by atoms with Gasteiger partial charge in [-0.2, -0.15) is 5.26 Å². The summed E-state index contributed by atoms with van der Waals surface area (Å²) in [6.45, 7) is -0.415. The Bertz CT molecular complexity index is 346. The van der Waals surface area contributed by atoms with Gasteiger partial charge in [-0.3, -0.25) is 0 Å². The standard InChI is InChI=1S/C8H5BrFNO/c9-7-2-1-5(3-11)8(10)6(7)4-12/h1-2,12H,4H2. The van der Waals surface area contributed by atoms with E-state index in [1.165, 1.54) is 12.1 Å². The Morgan fingerprint density at radius 3 is 2.75 bits per heavy atom. The van der Waals surface area contributed by atoms with E-state index in [-0.39, 0.29) is 11.1 Å². The van der Waals surface area contributed by atoms with E-state index in [4.69, 9.17) is 10.4 Å². The first-order valence-corrected chi connectivity index (χ1v) is 3.98. The first-order chi connectivity index (χ1) is 5.70. The minimum Gasteiger partial charge on any atom is -0.392 e. The van der Waals surface area contributed by atoms with Crippen LogP contribution >= 0.6 is 15.9 Å². The lowest BCUT2D eigenvalue weighted by atomic mass is 10.1. The van der Waals surface area contributed by atoms with Crippen molar-refractivity contribution in [2.75, 3.05) is 0 Å². The van der Waals surface area contributed by atoms with Crippen LogP contribution in [0.5, 0.6) is 0 Å². The summed E-state index contributed by atoms with van der Waals surface area (Å²) in [5.41, 5.74) is 0.0660. The second-order valence-corrected chi connectivity index (χ2v) is 3.01. The van der Waals surface area contributed by atoms with Crippen LogP contribution in [0.1, 0.15) is 11.1 Å². The summed E-state index contributed by atoms with van der Waals surface area (Å²) in [5.74, 6) is -0.658. The third-order valence-corrected chi connectivity index (χ3v) is 2.21. The summed E-state index contributed by atoms with van der Waals surface area (Å²) >= 11 is 3.06. The molecule has 0 radical (unpaired) electrons. The zero-order valence-electron chi connectivity index (χ0n) is 6.01. The van der Waals surface area contributed by atoms with Crippen molar-refractivity contribution >= 4 is 15.9 Å². The number of benzene rings is 1. The first kappa shape index (κ1) is 9.17. The molecule has 0 fully saturated rings. The van der Waals surface area contributed by atoms with Crippen molar-refractivity contribution in [2.45, 2.75) is 6.61 Å². The van der Waals surface area contributed by atoms with Gasteiger partial charge in [-0.1, -0.05) is 15.9 Å². The molecule has 0 unspecified atom stereocenters. The number of nitrogens with zero attached hydrogens (tertiary/aromatic N) is 1. The maximum absolute atomic E-state index is 13.1. The first-order valence-electron chi connectivity index (χ1n) is 3.18. The van der Waals surface area contributed by atoms with Gasteiger partial charge in [0.2, 0.25) is 0 Å². The topological polar surface area (TPSA) is 44.0 Å². The monoisotopic (exact) mass is 229 g/mol. The van der Waals surface area contributed by atoms with E-state index in [1.807, 2.05) is 0 Å². The van der Waals surface area contributed by atoms with Crippen molar-refractivity contribution in [3.05, 3.63) is 33.5 Å². The van der Waals surface area contributed by atoms with Gasteiger partial charge in [-0.15, -0.1) is 0 Å². The number of aliphatic hydroxyl groups excluding tert-OH is 1. The Morgan fingerprint density at radius 2 is 2.25 bits per heavy atom. The largest absolute Gasteiger partial charge is 0.392 e. The fourth-order valence-electron chi connectivity index (χ4n) is 0.829. The van der Waals surface area contributed by atoms with Gasteiger partial charge < -0.3 is 5.11 Å². The zero-order chi connectivity index (χ0) is 9.14. The lowest BCUT2D eigenvalue weighted by molar-refractivity contribution is 0.274.